The monoisotopic (exact) mass is 175 g/mol. The Morgan fingerprint density at radius 2 is 1.80 bits per heavy atom. The van der Waals surface area contributed by atoms with Gasteiger partial charge in [-0.2, -0.15) is 34.9 Å². The van der Waals surface area contributed by atoms with E-state index < -0.39 is 0 Å². The van der Waals surface area contributed by atoms with Crippen molar-refractivity contribution in [1.29, 1.82) is 0 Å². The van der Waals surface area contributed by atoms with Crippen molar-refractivity contribution in [2.24, 2.45) is 0 Å². The maximum absolute atomic E-state index is 3.14. The fourth-order valence-electron chi connectivity index (χ4n) is 0.821. The summed E-state index contributed by atoms with van der Waals surface area (Å²) in [5.41, 5.74) is 3.97. The normalized spacial score (nSPS) is 8.70. The van der Waals surface area contributed by atoms with E-state index in [1.165, 1.54) is 16.7 Å². The molecule has 0 aromatic heterocycles. The Bertz CT molecular complexity index is 196. The topological polar surface area (TPSA) is 0 Å². The van der Waals surface area contributed by atoms with Crippen LogP contribution in [0.2, 0.25) is 0 Å². The molecule has 0 spiro atoms. The summed E-state index contributed by atoms with van der Waals surface area (Å²) in [5.74, 6) is 0. The molecule has 1 heteroatoms. The van der Waals surface area contributed by atoms with E-state index in [0.29, 0.717) is 0 Å². The summed E-state index contributed by atoms with van der Waals surface area (Å²) in [5, 5.41) is 0. The third-order valence-corrected chi connectivity index (χ3v) is 1.79. The van der Waals surface area contributed by atoms with Crippen molar-refractivity contribution in [2.75, 3.05) is 0 Å². The van der Waals surface area contributed by atoms with Crippen molar-refractivity contribution in [2.45, 2.75) is 20.8 Å². The number of rotatable bonds is 0. The first-order valence-electron chi connectivity index (χ1n) is 3.16. The van der Waals surface area contributed by atoms with E-state index in [4.69, 9.17) is 0 Å². The standard InChI is InChI=1S/C9H11.Fe/c1-7-5-4-6-8(2)9(7)3;/h4-5H,1-3H3;/q-1;. The van der Waals surface area contributed by atoms with Gasteiger partial charge < -0.3 is 0 Å². The second-order valence-corrected chi connectivity index (χ2v) is 2.41. The van der Waals surface area contributed by atoms with Gasteiger partial charge in [-0.05, 0) is 0 Å². The minimum absolute atomic E-state index is 0. The van der Waals surface area contributed by atoms with Gasteiger partial charge in [0.2, 0.25) is 0 Å². The molecule has 0 N–H and O–H groups in total. The zero-order valence-corrected chi connectivity index (χ0v) is 7.61. The first-order valence-corrected chi connectivity index (χ1v) is 3.16. The zero-order chi connectivity index (χ0) is 6.85. The number of aryl methyl sites for hydroxylation is 2. The molecule has 1 aromatic rings. The van der Waals surface area contributed by atoms with Crippen molar-refractivity contribution >= 4 is 0 Å². The summed E-state index contributed by atoms with van der Waals surface area (Å²) in [6.07, 6.45) is 0. The van der Waals surface area contributed by atoms with Gasteiger partial charge in [0.05, 0.1) is 0 Å². The fourth-order valence-corrected chi connectivity index (χ4v) is 0.821. The molecule has 0 heterocycles. The second-order valence-electron chi connectivity index (χ2n) is 2.41. The van der Waals surface area contributed by atoms with Crippen molar-refractivity contribution < 1.29 is 17.1 Å². The van der Waals surface area contributed by atoms with Crippen LogP contribution in [-0.4, -0.2) is 0 Å². The molecule has 0 aliphatic heterocycles. The van der Waals surface area contributed by atoms with Gasteiger partial charge >= 0.3 is 0 Å². The summed E-state index contributed by atoms with van der Waals surface area (Å²) in [6, 6.07) is 7.20. The van der Waals surface area contributed by atoms with Crippen LogP contribution < -0.4 is 0 Å². The molecule has 0 bridgehead atoms. The first kappa shape index (κ1) is 9.74. The van der Waals surface area contributed by atoms with E-state index in [-0.39, 0.29) is 17.1 Å². The maximum Gasteiger partial charge on any atom is 0 e. The van der Waals surface area contributed by atoms with Gasteiger partial charge in [0.15, 0.2) is 0 Å². The average Bonchev–Trinajstić information content (AvgIpc) is 1.83. The van der Waals surface area contributed by atoms with Gasteiger partial charge in [-0.1, -0.05) is 20.8 Å². The van der Waals surface area contributed by atoms with Crippen LogP contribution in [0.4, 0.5) is 0 Å². The second kappa shape index (κ2) is 3.80. The molecule has 0 atom stereocenters. The molecule has 0 saturated carbocycles. The molecule has 1 aromatic carbocycles. The first-order chi connectivity index (χ1) is 4.22. The van der Waals surface area contributed by atoms with Crippen molar-refractivity contribution in [3.05, 3.63) is 34.9 Å². The van der Waals surface area contributed by atoms with Crippen LogP contribution in [0.1, 0.15) is 16.7 Å². The number of hydrogen-bond acceptors (Lipinski definition) is 0. The van der Waals surface area contributed by atoms with E-state index in [1.54, 1.807) is 0 Å². The quantitative estimate of drug-likeness (QED) is 0.419. The van der Waals surface area contributed by atoms with E-state index in [9.17, 15) is 0 Å². The van der Waals surface area contributed by atoms with E-state index in [1.807, 2.05) is 6.07 Å². The Balaban J connectivity index is 0.000000810. The van der Waals surface area contributed by atoms with Crippen LogP contribution in [0.3, 0.4) is 0 Å². The van der Waals surface area contributed by atoms with E-state index >= 15 is 0 Å². The third-order valence-electron chi connectivity index (χ3n) is 1.79. The Hall–Kier alpha value is -0.261. The summed E-state index contributed by atoms with van der Waals surface area (Å²) in [4.78, 5) is 0. The molecule has 0 aliphatic carbocycles. The van der Waals surface area contributed by atoms with Gasteiger partial charge in [0, 0.05) is 17.1 Å². The van der Waals surface area contributed by atoms with Crippen LogP contribution in [0.25, 0.3) is 0 Å². The minimum atomic E-state index is 0. The minimum Gasteiger partial charge on any atom is -0.180 e. The average molecular weight is 175 g/mol. The molecule has 0 saturated heterocycles. The Labute approximate surface area is 73.1 Å². The Morgan fingerprint density at radius 1 is 1.20 bits per heavy atom. The van der Waals surface area contributed by atoms with Crippen molar-refractivity contribution in [3.8, 4) is 0 Å². The molecular formula is C9H11Fe-. The molecule has 0 radical (unpaired) electrons. The summed E-state index contributed by atoms with van der Waals surface area (Å²) >= 11 is 0. The van der Waals surface area contributed by atoms with Crippen LogP contribution >= 0.6 is 0 Å². The molecule has 0 amide bonds. The van der Waals surface area contributed by atoms with Gasteiger partial charge in [0.1, 0.15) is 0 Å². The molecule has 0 nitrogen and oxygen atoms in total. The summed E-state index contributed by atoms with van der Waals surface area (Å²) < 4.78 is 0. The van der Waals surface area contributed by atoms with Gasteiger partial charge in [0.25, 0.3) is 0 Å². The van der Waals surface area contributed by atoms with E-state index in [2.05, 4.69) is 32.9 Å². The summed E-state index contributed by atoms with van der Waals surface area (Å²) in [6.45, 7) is 6.33. The largest absolute Gasteiger partial charge is 0.180 e. The van der Waals surface area contributed by atoms with Crippen molar-refractivity contribution in [3.63, 3.8) is 0 Å². The van der Waals surface area contributed by atoms with Gasteiger partial charge in [-0.15, -0.1) is 0 Å². The molecular weight excluding hydrogens is 164 g/mol. The predicted molar refractivity (Wildman–Crippen MR) is 39.5 cm³/mol. The van der Waals surface area contributed by atoms with Crippen molar-refractivity contribution in [1.82, 2.24) is 0 Å². The summed E-state index contributed by atoms with van der Waals surface area (Å²) in [7, 11) is 0. The number of benzene rings is 1. The fraction of sp³-hybridized carbons (Fsp3) is 0.333. The van der Waals surface area contributed by atoms with Crippen LogP contribution in [0.15, 0.2) is 12.1 Å². The Kier molecular flexibility index (Phi) is 3.70. The molecule has 10 heavy (non-hydrogen) atoms. The maximum atomic E-state index is 3.14. The molecule has 1 rings (SSSR count). The third kappa shape index (κ3) is 1.86. The number of hydrogen-bond donors (Lipinski definition) is 0. The molecule has 0 fully saturated rings. The van der Waals surface area contributed by atoms with Gasteiger partial charge in [-0.25, -0.2) is 0 Å². The Morgan fingerprint density at radius 3 is 2.20 bits per heavy atom. The SMILES string of the molecule is Cc1[c-]ccc(C)c1C.[Fe]. The van der Waals surface area contributed by atoms with Crippen LogP contribution in [0.5, 0.6) is 0 Å². The molecule has 0 unspecified atom stereocenters. The van der Waals surface area contributed by atoms with Crippen LogP contribution in [-0.2, 0) is 17.1 Å². The molecule has 56 valence electrons. The zero-order valence-electron chi connectivity index (χ0n) is 6.51. The predicted octanol–water partition coefficient (Wildman–Crippen LogP) is 2.41. The smallest absolute Gasteiger partial charge is 0 e. The van der Waals surface area contributed by atoms with Crippen LogP contribution in [0, 0.1) is 26.8 Å². The van der Waals surface area contributed by atoms with Gasteiger partial charge in [-0.3, -0.25) is 0 Å². The van der Waals surface area contributed by atoms with E-state index in [0.717, 1.165) is 0 Å². The molecule has 0 aliphatic rings.